The molecule has 0 fully saturated rings. The molecule has 1 aliphatic carbocycles. The average molecular weight is 495 g/mol. The summed E-state index contributed by atoms with van der Waals surface area (Å²) in [5, 5.41) is 2.98. The van der Waals surface area contributed by atoms with Crippen LogP contribution < -0.4 is 20.3 Å². The number of rotatable bonds is 6. The van der Waals surface area contributed by atoms with E-state index in [1.165, 1.54) is 30.9 Å². The first-order valence-electron chi connectivity index (χ1n) is 11.4. The molecule has 0 atom stereocenters. The number of hydrogen-bond acceptors (Lipinski definition) is 5. The molecule has 1 aliphatic rings. The smallest absolute Gasteiger partial charge is 0.268 e. The number of nitrogens with one attached hydrogen (secondary N) is 1. The lowest BCUT2D eigenvalue weighted by molar-refractivity contribution is 0.0971. The largest absolute Gasteiger partial charge is 0.495 e. The second-order valence-corrected chi connectivity index (χ2v) is 9.13. The Morgan fingerprint density at radius 3 is 2.31 bits per heavy atom. The number of ketones is 1. The van der Waals surface area contributed by atoms with E-state index in [2.05, 4.69) is 19.2 Å². The third kappa shape index (κ3) is 4.68. The van der Waals surface area contributed by atoms with Gasteiger partial charge in [0.2, 0.25) is 0 Å². The second-order valence-electron chi connectivity index (χ2n) is 8.72. The molecule has 1 N–H and O–H groups in total. The Hall–Kier alpha value is -3.58. The molecule has 0 aliphatic heterocycles. The van der Waals surface area contributed by atoms with Crippen molar-refractivity contribution in [3.8, 4) is 17.2 Å². The number of methoxy groups -OCH3 is 2. The summed E-state index contributed by atoms with van der Waals surface area (Å²) in [6.45, 7) is 4.18. The maximum Gasteiger partial charge on any atom is 0.268 e. The zero-order valence-corrected chi connectivity index (χ0v) is 20.9. The van der Waals surface area contributed by atoms with Gasteiger partial charge < -0.3 is 14.8 Å². The predicted molar refractivity (Wildman–Crippen MR) is 136 cm³/mol. The fraction of sp³-hybridized carbons (Fsp3) is 0.296. The van der Waals surface area contributed by atoms with Crippen molar-refractivity contribution in [3.63, 3.8) is 0 Å². The number of hydrogen-bond donors (Lipinski definition) is 1. The molecule has 0 unspecified atom stereocenters. The minimum absolute atomic E-state index is 0.0853. The van der Waals surface area contributed by atoms with Crippen LogP contribution in [0.5, 0.6) is 11.5 Å². The van der Waals surface area contributed by atoms with Gasteiger partial charge in [-0.05, 0) is 48.6 Å². The Balaban J connectivity index is 1.83. The van der Waals surface area contributed by atoms with E-state index in [0.717, 1.165) is 5.56 Å². The van der Waals surface area contributed by atoms with Crippen LogP contribution in [0.25, 0.3) is 5.69 Å². The van der Waals surface area contributed by atoms with E-state index in [1.807, 2.05) is 24.3 Å². The van der Waals surface area contributed by atoms with Crippen molar-refractivity contribution in [2.75, 3.05) is 19.5 Å². The molecule has 3 aromatic rings. The van der Waals surface area contributed by atoms with Gasteiger partial charge in [0, 0.05) is 29.4 Å². The normalized spacial score (nSPS) is 12.9. The average Bonchev–Trinajstić information content (AvgIpc) is 2.84. The first-order chi connectivity index (χ1) is 16.7. The van der Waals surface area contributed by atoms with Gasteiger partial charge in [-0.1, -0.05) is 37.6 Å². The maximum atomic E-state index is 13.6. The van der Waals surface area contributed by atoms with E-state index in [4.69, 9.17) is 21.1 Å². The highest BCUT2D eigenvalue weighted by Gasteiger charge is 2.27. The zero-order chi connectivity index (χ0) is 25.3. The van der Waals surface area contributed by atoms with Crippen LogP contribution in [0.4, 0.5) is 5.69 Å². The number of ether oxygens (including phenoxy) is 2. The number of aromatic nitrogens is 1. The number of amides is 1. The van der Waals surface area contributed by atoms with Gasteiger partial charge in [-0.3, -0.25) is 19.0 Å². The molecule has 8 heteroatoms. The number of pyridine rings is 1. The predicted octanol–water partition coefficient (Wildman–Crippen LogP) is 5.40. The Labute approximate surface area is 208 Å². The SMILES string of the molecule is COc1cc(OC)c(NC(=O)c2cc3c(n(-c4ccc(C(C)C)cc4)c2=O)CCCC3=O)cc1Cl. The molecule has 4 rings (SSSR count). The van der Waals surface area contributed by atoms with Gasteiger partial charge in [0.15, 0.2) is 5.78 Å². The lowest BCUT2D eigenvalue weighted by atomic mass is 9.92. The quantitative estimate of drug-likeness (QED) is 0.495. The van der Waals surface area contributed by atoms with Crippen LogP contribution in [-0.2, 0) is 6.42 Å². The molecule has 7 nitrogen and oxygen atoms in total. The molecular weight excluding hydrogens is 468 g/mol. The zero-order valence-electron chi connectivity index (χ0n) is 20.1. The molecule has 2 aromatic carbocycles. The van der Waals surface area contributed by atoms with Gasteiger partial charge in [-0.25, -0.2) is 0 Å². The van der Waals surface area contributed by atoms with Crippen molar-refractivity contribution in [2.24, 2.45) is 0 Å². The number of anilines is 1. The molecule has 0 bridgehead atoms. The summed E-state index contributed by atoms with van der Waals surface area (Å²) >= 11 is 6.23. The first kappa shape index (κ1) is 24.5. The van der Waals surface area contributed by atoms with Gasteiger partial charge in [0.25, 0.3) is 11.5 Å². The van der Waals surface area contributed by atoms with Gasteiger partial charge in [0.05, 0.1) is 24.9 Å². The van der Waals surface area contributed by atoms with Crippen LogP contribution in [-0.4, -0.2) is 30.5 Å². The van der Waals surface area contributed by atoms with Gasteiger partial charge in [0.1, 0.15) is 17.1 Å². The van der Waals surface area contributed by atoms with E-state index in [0.29, 0.717) is 53.6 Å². The second kappa shape index (κ2) is 9.96. The van der Waals surface area contributed by atoms with Gasteiger partial charge >= 0.3 is 0 Å². The number of benzene rings is 2. The van der Waals surface area contributed by atoms with E-state index in [-0.39, 0.29) is 22.1 Å². The third-order valence-electron chi connectivity index (χ3n) is 6.21. The standard InChI is InChI=1S/C27H27ClN2O5/c1-15(2)16-8-10-17(11-9-16)30-22-6-5-7-23(31)18(22)12-19(27(30)33)26(32)29-21-13-20(28)24(34-3)14-25(21)35-4/h8-15H,5-7H2,1-4H3,(H,29,32). The van der Waals surface area contributed by atoms with Crippen LogP contribution in [0.2, 0.25) is 5.02 Å². The van der Waals surface area contributed by atoms with Crippen LogP contribution in [0, 0.1) is 0 Å². The summed E-state index contributed by atoms with van der Waals surface area (Å²) in [7, 11) is 2.92. The summed E-state index contributed by atoms with van der Waals surface area (Å²) in [5.41, 5.74) is 2.42. The third-order valence-corrected chi connectivity index (χ3v) is 6.50. The Morgan fingerprint density at radius 2 is 1.69 bits per heavy atom. The number of Topliss-reactive ketones (excluding diaryl/α,β-unsaturated/α-hetero) is 1. The van der Waals surface area contributed by atoms with E-state index in [9.17, 15) is 14.4 Å². The number of fused-ring (bicyclic) bond motifs is 1. The lowest BCUT2D eigenvalue weighted by Crippen LogP contribution is -2.33. The monoisotopic (exact) mass is 494 g/mol. The summed E-state index contributed by atoms with van der Waals surface area (Å²) in [4.78, 5) is 39.7. The minimum atomic E-state index is -0.664. The Morgan fingerprint density at radius 1 is 1.00 bits per heavy atom. The molecule has 1 amide bonds. The van der Waals surface area contributed by atoms with Gasteiger partial charge in [-0.2, -0.15) is 0 Å². The van der Waals surface area contributed by atoms with E-state index < -0.39 is 11.5 Å². The molecule has 0 saturated carbocycles. The summed E-state index contributed by atoms with van der Waals surface area (Å²) in [6.07, 6.45) is 1.61. The fourth-order valence-electron chi connectivity index (χ4n) is 4.28. The van der Waals surface area contributed by atoms with E-state index in [1.54, 1.807) is 6.07 Å². The molecule has 1 aromatic heterocycles. The van der Waals surface area contributed by atoms with Crippen molar-refractivity contribution < 1.29 is 19.1 Å². The van der Waals surface area contributed by atoms with Crippen LogP contribution >= 0.6 is 11.6 Å². The van der Waals surface area contributed by atoms with E-state index >= 15 is 0 Å². The van der Waals surface area contributed by atoms with Crippen molar-refractivity contribution in [1.29, 1.82) is 0 Å². The van der Waals surface area contributed by atoms with Crippen molar-refractivity contribution in [3.05, 3.63) is 80.2 Å². The lowest BCUT2D eigenvalue weighted by Gasteiger charge is -2.22. The number of nitrogens with zero attached hydrogens (tertiary/aromatic N) is 1. The molecule has 35 heavy (non-hydrogen) atoms. The molecule has 0 spiro atoms. The molecular formula is C27H27ClN2O5. The van der Waals surface area contributed by atoms with Crippen LogP contribution in [0.1, 0.15) is 64.6 Å². The minimum Gasteiger partial charge on any atom is -0.495 e. The highest BCUT2D eigenvalue weighted by Crippen LogP contribution is 2.36. The van der Waals surface area contributed by atoms with Crippen LogP contribution in [0.3, 0.4) is 0 Å². The maximum absolute atomic E-state index is 13.6. The van der Waals surface area contributed by atoms with Crippen molar-refractivity contribution >= 4 is 29.0 Å². The topological polar surface area (TPSA) is 86.6 Å². The summed E-state index contributed by atoms with van der Waals surface area (Å²) in [5.74, 6) is 0.284. The summed E-state index contributed by atoms with van der Waals surface area (Å²) < 4.78 is 12.0. The summed E-state index contributed by atoms with van der Waals surface area (Å²) in [6, 6.07) is 12.1. The molecule has 0 saturated heterocycles. The Bertz CT molecular complexity index is 1360. The molecule has 182 valence electrons. The van der Waals surface area contributed by atoms with Crippen molar-refractivity contribution in [1.82, 2.24) is 4.57 Å². The van der Waals surface area contributed by atoms with Crippen LogP contribution in [0.15, 0.2) is 47.3 Å². The highest BCUT2D eigenvalue weighted by atomic mass is 35.5. The molecule has 1 heterocycles. The van der Waals surface area contributed by atoms with Gasteiger partial charge in [-0.15, -0.1) is 0 Å². The van der Waals surface area contributed by atoms with Crippen molar-refractivity contribution in [2.45, 2.75) is 39.0 Å². The highest BCUT2D eigenvalue weighted by molar-refractivity contribution is 6.32. The fourth-order valence-corrected chi connectivity index (χ4v) is 4.52. The number of carbonyl (C=O) groups is 2. The Kier molecular flexibility index (Phi) is 6.98. The number of halogens is 1. The number of carbonyl (C=O) groups excluding carboxylic acids is 2. The molecule has 0 radical (unpaired) electrons. The first-order valence-corrected chi connectivity index (χ1v) is 11.8.